The van der Waals surface area contributed by atoms with Gasteiger partial charge < -0.3 is 9.88 Å². The number of aromatic nitrogens is 2. The SMILES string of the molecule is CN(Cc1nc2ccccc2c(=O)[nH]1)C(=O)c1cc(C(F)(F)F)cc(C(F)(F)F)c1. The monoisotopic (exact) mass is 429 g/mol. The van der Waals surface area contributed by atoms with Gasteiger partial charge in [0.2, 0.25) is 0 Å². The molecule has 30 heavy (non-hydrogen) atoms. The van der Waals surface area contributed by atoms with E-state index in [1.165, 1.54) is 13.1 Å². The van der Waals surface area contributed by atoms with E-state index in [2.05, 4.69) is 9.97 Å². The minimum Gasteiger partial charge on any atom is -0.334 e. The molecule has 5 nitrogen and oxygen atoms in total. The number of rotatable bonds is 3. The number of fused-ring (bicyclic) bond motifs is 1. The van der Waals surface area contributed by atoms with Crippen molar-refractivity contribution in [1.82, 2.24) is 14.9 Å². The number of H-pyrrole nitrogens is 1. The topological polar surface area (TPSA) is 66.1 Å². The van der Waals surface area contributed by atoms with Crippen LogP contribution in [0.25, 0.3) is 10.9 Å². The van der Waals surface area contributed by atoms with Crippen LogP contribution in [0.1, 0.15) is 27.3 Å². The Hall–Kier alpha value is -3.37. The van der Waals surface area contributed by atoms with Crippen molar-refractivity contribution in [2.75, 3.05) is 7.05 Å². The largest absolute Gasteiger partial charge is 0.416 e. The predicted molar refractivity (Wildman–Crippen MR) is 94.6 cm³/mol. The summed E-state index contributed by atoms with van der Waals surface area (Å²) >= 11 is 0. The molecule has 3 aromatic rings. The van der Waals surface area contributed by atoms with Gasteiger partial charge in [-0.25, -0.2) is 4.98 Å². The maximum atomic E-state index is 13.0. The quantitative estimate of drug-likeness (QED) is 0.634. The molecule has 1 amide bonds. The van der Waals surface area contributed by atoms with Crippen molar-refractivity contribution < 1.29 is 31.1 Å². The molecular formula is C19H13F6N3O2. The van der Waals surface area contributed by atoms with Crippen molar-refractivity contribution in [2.45, 2.75) is 18.9 Å². The summed E-state index contributed by atoms with van der Waals surface area (Å²) in [7, 11) is 1.17. The first-order valence-electron chi connectivity index (χ1n) is 8.39. The lowest BCUT2D eigenvalue weighted by atomic mass is 10.0. The summed E-state index contributed by atoms with van der Waals surface area (Å²) in [6.45, 7) is -0.337. The van der Waals surface area contributed by atoms with E-state index in [1.807, 2.05) is 0 Å². The number of carbonyl (C=O) groups is 1. The van der Waals surface area contributed by atoms with Gasteiger partial charge in [-0.3, -0.25) is 9.59 Å². The number of nitrogens with zero attached hydrogens (tertiary/aromatic N) is 2. The molecule has 0 bridgehead atoms. The van der Waals surface area contributed by atoms with Crippen molar-refractivity contribution in [3.05, 3.63) is 75.3 Å². The summed E-state index contributed by atoms with van der Waals surface area (Å²) in [6, 6.07) is 6.99. The van der Waals surface area contributed by atoms with Crippen LogP contribution >= 0.6 is 0 Å². The van der Waals surface area contributed by atoms with E-state index in [4.69, 9.17) is 0 Å². The summed E-state index contributed by atoms with van der Waals surface area (Å²) < 4.78 is 78.0. The zero-order valence-corrected chi connectivity index (χ0v) is 15.2. The maximum absolute atomic E-state index is 13.0. The highest BCUT2D eigenvalue weighted by atomic mass is 19.4. The Morgan fingerprint density at radius 1 is 1.00 bits per heavy atom. The summed E-state index contributed by atoms with van der Waals surface area (Å²) in [4.78, 5) is 32.1. The molecule has 0 spiro atoms. The third kappa shape index (κ3) is 4.44. The highest BCUT2D eigenvalue weighted by molar-refractivity contribution is 5.94. The van der Waals surface area contributed by atoms with Crippen LogP contribution in [0, 0.1) is 0 Å². The Bertz CT molecular complexity index is 1140. The highest BCUT2D eigenvalue weighted by Crippen LogP contribution is 2.36. The molecule has 3 rings (SSSR count). The first kappa shape index (κ1) is 21.3. The lowest BCUT2D eigenvalue weighted by Crippen LogP contribution is -2.29. The molecule has 1 heterocycles. The van der Waals surface area contributed by atoms with Gasteiger partial charge in [0.25, 0.3) is 11.5 Å². The molecule has 0 radical (unpaired) electrons. The van der Waals surface area contributed by atoms with Gasteiger partial charge in [0.15, 0.2) is 0 Å². The van der Waals surface area contributed by atoms with Crippen LogP contribution in [0.2, 0.25) is 0 Å². The Morgan fingerprint density at radius 3 is 2.13 bits per heavy atom. The third-order valence-electron chi connectivity index (χ3n) is 4.23. The minimum atomic E-state index is -5.07. The van der Waals surface area contributed by atoms with E-state index in [-0.39, 0.29) is 18.4 Å². The van der Waals surface area contributed by atoms with Gasteiger partial charge in [0.1, 0.15) is 5.82 Å². The second kappa shape index (κ2) is 7.47. The zero-order valence-electron chi connectivity index (χ0n) is 15.2. The van der Waals surface area contributed by atoms with Gasteiger partial charge in [-0.15, -0.1) is 0 Å². The van der Waals surface area contributed by atoms with Gasteiger partial charge in [-0.2, -0.15) is 26.3 Å². The van der Waals surface area contributed by atoms with Crippen molar-refractivity contribution in [2.24, 2.45) is 0 Å². The summed E-state index contributed by atoms with van der Waals surface area (Å²) in [6.07, 6.45) is -10.1. The lowest BCUT2D eigenvalue weighted by molar-refractivity contribution is -0.143. The number of nitrogens with one attached hydrogen (secondary N) is 1. The molecule has 0 aliphatic rings. The number of hydrogen-bond acceptors (Lipinski definition) is 3. The number of alkyl halides is 6. The van der Waals surface area contributed by atoms with Crippen molar-refractivity contribution in [3.63, 3.8) is 0 Å². The molecule has 0 aliphatic heterocycles. The van der Waals surface area contributed by atoms with Crippen molar-refractivity contribution >= 4 is 16.8 Å². The van der Waals surface area contributed by atoms with Gasteiger partial charge in [-0.1, -0.05) is 12.1 Å². The van der Waals surface area contributed by atoms with Crippen LogP contribution in [-0.2, 0) is 18.9 Å². The van der Waals surface area contributed by atoms with E-state index in [0.29, 0.717) is 23.0 Å². The van der Waals surface area contributed by atoms with Crippen LogP contribution in [0.3, 0.4) is 0 Å². The Balaban J connectivity index is 1.95. The zero-order chi connectivity index (χ0) is 22.3. The minimum absolute atomic E-state index is 0.0255. The maximum Gasteiger partial charge on any atom is 0.416 e. The van der Waals surface area contributed by atoms with Crippen LogP contribution < -0.4 is 5.56 Å². The number of aromatic amines is 1. The van der Waals surface area contributed by atoms with Gasteiger partial charge in [0, 0.05) is 12.6 Å². The average Bonchev–Trinajstić information content (AvgIpc) is 2.65. The van der Waals surface area contributed by atoms with Crippen LogP contribution in [0.4, 0.5) is 26.3 Å². The van der Waals surface area contributed by atoms with Crippen LogP contribution in [0.5, 0.6) is 0 Å². The number of halogens is 6. The fourth-order valence-corrected chi connectivity index (χ4v) is 2.80. The molecule has 0 atom stereocenters. The second-order valence-corrected chi connectivity index (χ2v) is 6.49. The molecule has 11 heteroatoms. The molecule has 1 aromatic heterocycles. The Morgan fingerprint density at radius 2 is 1.57 bits per heavy atom. The van der Waals surface area contributed by atoms with Gasteiger partial charge in [-0.05, 0) is 30.3 Å². The number of para-hydroxylation sites is 1. The van der Waals surface area contributed by atoms with Crippen molar-refractivity contribution in [3.8, 4) is 0 Å². The second-order valence-electron chi connectivity index (χ2n) is 6.49. The lowest BCUT2D eigenvalue weighted by Gasteiger charge is -2.19. The van der Waals surface area contributed by atoms with E-state index in [0.717, 1.165) is 4.90 Å². The van der Waals surface area contributed by atoms with E-state index < -0.39 is 40.5 Å². The third-order valence-corrected chi connectivity index (χ3v) is 4.23. The Labute approximate surface area is 165 Å². The predicted octanol–water partition coefficient (Wildman–Crippen LogP) is 4.23. The summed E-state index contributed by atoms with van der Waals surface area (Å²) in [5, 5.41) is 0.294. The molecule has 0 fully saturated rings. The number of amides is 1. The fraction of sp³-hybridized carbons (Fsp3) is 0.211. The van der Waals surface area contributed by atoms with Gasteiger partial charge >= 0.3 is 12.4 Å². The molecule has 0 aliphatic carbocycles. The molecule has 0 saturated heterocycles. The van der Waals surface area contributed by atoms with Crippen LogP contribution in [-0.4, -0.2) is 27.8 Å². The summed E-state index contributed by atoms with van der Waals surface area (Å²) in [5.41, 5.74) is -4.13. The number of benzene rings is 2. The highest BCUT2D eigenvalue weighted by Gasteiger charge is 2.37. The first-order valence-corrected chi connectivity index (χ1v) is 8.39. The van der Waals surface area contributed by atoms with Gasteiger partial charge in [0.05, 0.1) is 28.6 Å². The fourth-order valence-electron chi connectivity index (χ4n) is 2.80. The standard InChI is InChI=1S/C19H13F6N3O2/c1-28(9-15-26-14-5-3-2-4-13(14)16(29)27-15)17(30)10-6-11(18(20,21)22)8-12(7-10)19(23,24)25/h2-8H,9H2,1H3,(H,26,27,29). The smallest absolute Gasteiger partial charge is 0.334 e. The molecule has 1 N–H and O–H groups in total. The number of hydrogen-bond donors (Lipinski definition) is 1. The Kier molecular flexibility index (Phi) is 5.31. The molecule has 158 valence electrons. The molecule has 0 unspecified atom stereocenters. The molecule has 2 aromatic carbocycles. The normalized spacial score (nSPS) is 12.2. The first-order chi connectivity index (χ1) is 13.9. The average molecular weight is 429 g/mol. The number of carbonyl (C=O) groups excluding carboxylic acids is 1. The van der Waals surface area contributed by atoms with Crippen LogP contribution in [0.15, 0.2) is 47.3 Å². The molecule has 0 saturated carbocycles. The van der Waals surface area contributed by atoms with Crippen molar-refractivity contribution in [1.29, 1.82) is 0 Å². The van der Waals surface area contributed by atoms with E-state index in [1.54, 1.807) is 18.2 Å². The summed E-state index contributed by atoms with van der Waals surface area (Å²) in [5.74, 6) is -1.07. The van der Waals surface area contributed by atoms with E-state index >= 15 is 0 Å². The van der Waals surface area contributed by atoms with E-state index in [9.17, 15) is 35.9 Å². The molecular weight excluding hydrogens is 416 g/mol.